The first-order chi connectivity index (χ1) is 13.4. The monoisotopic (exact) mass is 384 g/mol. The lowest BCUT2D eigenvalue weighted by Gasteiger charge is -2.11. The molecule has 0 atom stereocenters. The number of benzene rings is 2. The van der Waals surface area contributed by atoms with Crippen LogP contribution in [0.5, 0.6) is 5.75 Å². The predicted molar refractivity (Wildman–Crippen MR) is 102 cm³/mol. The summed E-state index contributed by atoms with van der Waals surface area (Å²) in [6.45, 7) is 3.90. The summed E-state index contributed by atoms with van der Waals surface area (Å²) in [5.41, 5.74) is 0.630. The quantitative estimate of drug-likeness (QED) is 0.653. The van der Waals surface area contributed by atoms with E-state index in [9.17, 15) is 13.6 Å². The Kier molecular flexibility index (Phi) is 5.78. The molecule has 3 aromatic rings. The third kappa shape index (κ3) is 5.00. The molecule has 1 aromatic heterocycles. The van der Waals surface area contributed by atoms with E-state index in [0.29, 0.717) is 11.9 Å². The van der Waals surface area contributed by atoms with E-state index in [2.05, 4.69) is 20.8 Å². The summed E-state index contributed by atoms with van der Waals surface area (Å²) in [6.07, 6.45) is 0.0896. The summed E-state index contributed by atoms with van der Waals surface area (Å²) in [5, 5.41) is 13.1. The Morgan fingerprint density at radius 1 is 1.00 bits per heavy atom. The highest BCUT2D eigenvalue weighted by Gasteiger charge is 2.12. The smallest absolute Gasteiger partial charge is 0.276 e. The van der Waals surface area contributed by atoms with Gasteiger partial charge in [-0.2, -0.15) is 0 Å². The highest BCUT2D eigenvalue weighted by molar-refractivity contribution is 6.02. The zero-order valence-corrected chi connectivity index (χ0v) is 15.2. The van der Waals surface area contributed by atoms with Gasteiger partial charge >= 0.3 is 0 Å². The second-order valence-electron chi connectivity index (χ2n) is 6.20. The van der Waals surface area contributed by atoms with Crippen molar-refractivity contribution < 1.29 is 18.3 Å². The molecule has 1 amide bonds. The molecule has 0 spiro atoms. The van der Waals surface area contributed by atoms with Crippen molar-refractivity contribution in [3.63, 3.8) is 0 Å². The number of nitrogens with zero attached hydrogens (tertiary/aromatic N) is 2. The molecule has 1 heterocycles. The molecule has 0 bridgehead atoms. The van der Waals surface area contributed by atoms with Gasteiger partial charge in [-0.3, -0.25) is 4.79 Å². The first-order valence-corrected chi connectivity index (χ1v) is 8.54. The minimum atomic E-state index is -0.871. The number of hydrogen-bond donors (Lipinski definition) is 2. The van der Waals surface area contributed by atoms with Crippen LogP contribution in [-0.2, 0) is 0 Å². The first-order valence-electron chi connectivity index (χ1n) is 8.54. The molecule has 0 saturated heterocycles. The molecule has 0 aliphatic heterocycles. The van der Waals surface area contributed by atoms with Crippen molar-refractivity contribution in [1.82, 2.24) is 10.2 Å². The van der Waals surface area contributed by atoms with Crippen LogP contribution in [0.4, 0.5) is 26.0 Å². The molecule has 0 saturated carbocycles. The van der Waals surface area contributed by atoms with Gasteiger partial charge in [0.2, 0.25) is 0 Å². The second kappa shape index (κ2) is 8.43. The van der Waals surface area contributed by atoms with Gasteiger partial charge in [-0.15, -0.1) is 10.2 Å². The summed E-state index contributed by atoms with van der Waals surface area (Å²) in [4.78, 5) is 12.1. The van der Waals surface area contributed by atoms with E-state index in [1.54, 1.807) is 6.07 Å². The number of rotatable bonds is 6. The minimum absolute atomic E-state index is 0.00467. The summed E-state index contributed by atoms with van der Waals surface area (Å²) in [5.74, 6) is -1.06. The number of carbonyl (C=O) groups is 1. The number of hydrogen-bond acceptors (Lipinski definition) is 5. The lowest BCUT2D eigenvalue weighted by molar-refractivity contribution is 0.102. The van der Waals surface area contributed by atoms with Crippen molar-refractivity contribution in [2.45, 2.75) is 20.0 Å². The molecule has 0 unspecified atom stereocenters. The molecule has 0 aliphatic rings. The van der Waals surface area contributed by atoms with E-state index in [-0.39, 0.29) is 17.5 Å². The van der Waals surface area contributed by atoms with Crippen LogP contribution in [0.15, 0.2) is 54.6 Å². The van der Waals surface area contributed by atoms with Crippen LogP contribution in [0.1, 0.15) is 24.3 Å². The standard InChI is InChI=1S/C20H18F2N4O2/c1-12(2)28-15-6-4-14(5-7-15)23-19-10-9-18(25-26-19)20(27)24-17-8-3-13(21)11-16(17)22/h3-12H,1-2H3,(H,23,26)(H,24,27). The van der Waals surface area contributed by atoms with Gasteiger partial charge in [0.05, 0.1) is 11.8 Å². The second-order valence-corrected chi connectivity index (χ2v) is 6.20. The summed E-state index contributed by atoms with van der Waals surface area (Å²) in [7, 11) is 0. The average Bonchev–Trinajstić information content (AvgIpc) is 2.66. The maximum atomic E-state index is 13.6. The fourth-order valence-corrected chi connectivity index (χ4v) is 2.33. The number of anilines is 3. The van der Waals surface area contributed by atoms with Gasteiger partial charge in [-0.1, -0.05) is 0 Å². The van der Waals surface area contributed by atoms with Crippen LogP contribution >= 0.6 is 0 Å². The van der Waals surface area contributed by atoms with Crippen molar-refractivity contribution >= 4 is 23.1 Å². The molecule has 8 heteroatoms. The first kappa shape index (κ1) is 19.2. The largest absolute Gasteiger partial charge is 0.491 e. The van der Waals surface area contributed by atoms with Crippen LogP contribution in [0.2, 0.25) is 0 Å². The molecule has 2 aromatic carbocycles. The Labute approximate surface area is 160 Å². The number of nitrogens with one attached hydrogen (secondary N) is 2. The van der Waals surface area contributed by atoms with E-state index < -0.39 is 17.5 Å². The van der Waals surface area contributed by atoms with E-state index in [0.717, 1.165) is 23.6 Å². The third-order valence-corrected chi connectivity index (χ3v) is 3.58. The van der Waals surface area contributed by atoms with Crippen LogP contribution in [0, 0.1) is 11.6 Å². The number of aromatic nitrogens is 2. The van der Waals surface area contributed by atoms with Crippen molar-refractivity contribution in [3.05, 3.63) is 71.9 Å². The molecule has 144 valence electrons. The van der Waals surface area contributed by atoms with Gasteiger partial charge in [0.15, 0.2) is 11.5 Å². The molecule has 0 radical (unpaired) electrons. The number of halogens is 2. The third-order valence-electron chi connectivity index (χ3n) is 3.58. The van der Waals surface area contributed by atoms with Crippen LogP contribution < -0.4 is 15.4 Å². The van der Waals surface area contributed by atoms with E-state index in [4.69, 9.17) is 4.74 Å². The normalized spacial score (nSPS) is 10.6. The van der Waals surface area contributed by atoms with E-state index in [1.165, 1.54) is 6.07 Å². The summed E-state index contributed by atoms with van der Waals surface area (Å²) < 4.78 is 32.1. The minimum Gasteiger partial charge on any atom is -0.491 e. The van der Waals surface area contributed by atoms with Gasteiger partial charge in [0, 0.05) is 11.8 Å². The molecule has 0 fully saturated rings. The van der Waals surface area contributed by atoms with E-state index >= 15 is 0 Å². The topological polar surface area (TPSA) is 76.1 Å². The Morgan fingerprint density at radius 2 is 1.75 bits per heavy atom. The van der Waals surface area contributed by atoms with Crippen LogP contribution in [-0.4, -0.2) is 22.2 Å². The molecular weight excluding hydrogens is 366 g/mol. The van der Waals surface area contributed by atoms with Gasteiger partial charge in [0.25, 0.3) is 5.91 Å². The molecular formula is C20H18F2N4O2. The Hall–Kier alpha value is -3.55. The van der Waals surface area contributed by atoms with Crippen molar-refractivity contribution in [1.29, 1.82) is 0 Å². The summed E-state index contributed by atoms with van der Waals surface area (Å²) in [6, 6.07) is 13.2. The van der Waals surface area contributed by atoms with Gasteiger partial charge in [-0.25, -0.2) is 8.78 Å². The fourth-order valence-electron chi connectivity index (χ4n) is 2.33. The molecule has 28 heavy (non-hydrogen) atoms. The fraction of sp³-hybridized carbons (Fsp3) is 0.150. The van der Waals surface area contributed by atoms with Gasteiger partial charge in [0.1, 0.15) is 17.4 Å². The van der Waals surface area contributed by atoms with Gasteiger partial charge in [-0.05, 0) is 62.4 Å². The van der Waals surface area contributed by atoms with Crippen LogP contribution in [0.3, 0.4) is 0 Å². The predicted octanol–water partition coefficient (Wildman–Crippen LogP) is 4.54. The van der Waals surface area contributed by atoms with Crippen molar-refractivity contribution in [2.75, 3.05) is 10.6 Å². The Morgan fingerprint density at radius 3 is 2.36 bits per heavy atom. The number of ether oxygens (including phenoxy) is 1. The number of amides is 1. The highest BCUT2D eigenvalue weighted by atomic mass is 19.1. The molecule has 3 rings (SSSR count). The lowest BCUT2D eigenvalue weighted by atomic mass is 10.2. The van der Waals surface area contributed by atoms with E-state index in [1.807, 2.05) is 38.1 Å². The summed E-state index contributed by atoms with van der Waals surface area (Å²) >= 11 is 0. The Bertz CT molecular complexity index is 961. The Balaban J connectivity index is 1.63. The zero-order chi connectivity index (χ0) is 20.1. The molecule has 2 N–H and O–H groups in total. The average molecular weight is 384 g/mol. The van der Waals surface area contributed by atoms with Crippen molar-refractivity contribution in [3.8, 4) is 5.75 Å². The maximum absolute atomic E-state index is 13.6. The lowest BCUT2D eigenvalue weighted by Crippen LogP contribution is -2.15. The number of carbonyl (C=O) groups excluding carboxylic acids is 1. The van der Waals surface area contributed by atoms with Gasteiger partial charge < -0.3 is 15.4 Å². The zero-order valence-electron chi connectivity index (χ0n) is 15.2. The maximum Gasteiger partial charge on any atom is 0.276 e. The highest BCUT2D eigenvalue weighted by Crippen LogP contribution is 2.20. The molecule has 0 aliphatic carbocycles. The van der Waals surface area contributed by atoms with Crippen molar-refractivity contribution in [2.24, 2.45) is 0 Å². The SMILES string of the molecule is CC(C)Oc1ccc(Nc2ccc(C(=O)Nc3ccc(F)cc3F)nn2)cc1. The molecule has 6 nitrogen and oxygen atoms in total. The van der Waals surface area contributed by atoms with Crippen LogP contribution in [0.25, 0.3) is 0 Å².